The van der Waals surface area contributed by atoms with Crippen LogP contribution in [0.25, 0.3) is 0 Å². The molecular formula is C20H25N3O4. The van der Waals surface area contributed by atoms with Crippen molar-refractivity contribution < 1.29 is 19.1 Å². The van der Waals surface area contributed by atoms with Gasteiger partial charge in [0.05, 0.1) is 6.10 Å². The first-order chi connectivity index (χ1) is 13.0. The molecule has 3 N–H and O–H groups in total. The highest BCUT2D eigenvalue weighted by molar-refractivity contribution is 5.94. The highest BCUT2D eigenvalue weighted by atomic mass is 16.5. The van der Waals surface area contributed by atoms with Gasteiger partial charge in [-0.25, -0.2) is 4.79 Å². The second kappa shape index (κ2) is 10.2. The molecule has 0 spiro atoms. The number of urea groups is 1. The van der Waals surface area contributed by atoms with Gasteiger partial charge in [0, 0.05) is 25.0 Å². The SMILES string of the molecule is COCC(=O)Nc1cccc(NC(=O)NCc2ccc(OC(C)C)cc2)c1. The molecule has 0 aromatic heterocycles. The summed E-state index contributed by atoms with van der Waals surface area (Å²) < 4.78 is 10.4. The van der Waals surface area contributed by atoms with Gasteiger partial charge in [0.2, 0.25) is 5.91 Å². The van der Waals surface area contributed by atoms with Crippen molar-refractivity contribution >= 4 is 23.3 Å². The summed E-state index contributed by atoms with van der Waals surface area (Å²) >= 11 is 0. The Labute approximate surface area is 159 Å². The summed E-state index contributed by atoms with van der Waals surface area (Å²) in [6, 6.07) is 14.1. The predicted molar refractivity (Wildman–Crippen MR) is 105 cm³/mol. The number of anilines is 2. The Hall–Kier alpha value is -3.06. The number of carbonyl (C=O) groups is 2. The van der Waals surface area contributed by atoms with Crippen molar-refractivity contribution in [2.24, 2.45) is 0 Å². The fraction of sp³-hybridized carbons (Fsp3) is 0.300. The summed E-state index contributed by atoms with van der Waals surface area (Å²) in [5, 5.41) is 8.21. The lowest BCUT2D eigenvalue weighted by Gasteiger charge is -2.11. The number of amides is 3. The molecule has 0 bridgehead atoms. The smallest absolute Gasteiger partial charge is 0.319 e. The van der Waals surface area contributed by atoms with Gasteiger partial charge in [0.15, 0.2) is 0 Å². The number of rotatable bonds is 8. The molecule has 2 aromatic rings. The van der Waals surface area contributed by atoms with E-state index in [0.29, 0.717) is 17.9 Å². The van der Waals surface area contributed by atoms with E-state index in [2.05, 4.69) is 16.0 Å². The molecule has 7 heteroatoms. The summed E-state index contributed by atoms with van der Waals surface area (Å²) in [4.78, 5) is 23.6. The van der Waals surface area contributed by atoms with Gasteiger partial charge in [-0.2, -0.15) is 0 Å². The highest BCUT2D eigenvalue weighted by Gasteiger charge is 2.05. The molecule has 0 fully saturated rings. The number of carbonyl (C=O) groups excluding carboxylic acids is 2. The predicted octanol–water partition coefficient (Wildman–Crippen LogP) is 3.38. The van der Waals surface area contributed by atoms with E-state index in [1.165, 1.54) is 7.11 Å². The Balaban J connectivity index is 1.84. The van der Waals surface area contributed by atoms with Crippen LogP contribution in [-0.2, 0) is 16.1 Å². The molecule has 0 aliphatic carbocycles. The Kier molecular flexibility index (Phi) is 7.63. The van der Waals surface area contributed by atoms with E-state index in [1.807, 2.05) is 38.1 Å². The Morgan fingerprint density at radius 2 is 1.67 bits per heavy atom. The lowest BCUT2D eigenvalue weighted by atomic mass is 10.2. The average Bonchev–Trinajstić information content (AvgIpc) is 2.61. The summed E-state index contributed by atoms with van der Waals surface area (Å²) in [7, 11) is 1.45. The Morgan fingerprint density at radius 3 is 2.30 bits per heavy atom. The van der Waals surface area contributed by atoms with Crippen LogP contribution in [0.3, 0.4) is 0 Å². The molecular weight excluding hydrogens is 346 g/mol. The molecule has 0 aliphatic heterocycles. The van der Waals surface area contributed by atoms with E-state index in [0.717, 1.165) is 11.3 Å². The van der Waals surface area contributed by atoms with Gasteiger partial charge in [-0.05, 0) is 49.7 Å². The number of methoxy groups -OCH3 is 1. The maximum absolute atomic E-state index is 12.1. The van der Waals surface area contributed by atoms with Gasteiger partial charge >= 0.3 is 6.03 Å². The first-order valence-corrected chi connectivity index (χ1v) is 8.65. The maximum Gasteiger partial charge on any atom is 0.319 e. The van der Waals surface area contributed by atoms with Crippen molar-refractivity contribution in [3.05, 3.63) is 54.1 Å². The minimum absolute atomic E-state index is 0.0286. The minimum atomic E-state index is -0.335. The molecule has 0 aliphatic rings. The van der Waals surface area contributed by atoms with Crippen LogP contribution in [0.15, 0.2) is 48.5 Å². The Bertz CT molecular complexity index is 760. The van der Waals surface area contributed by atoms with Crippen molar-refractivity contribution in [2.75, 3.05) is 24.4 Å². The van der Waals surface area contributed by atoms with Gasteiger partial charge < -0.3 is 25.4 Å². The quantitative estimate of drug-likeness (QED) is 0.664. The van der Waals surface area contributed by atoms with E-state index in [4.69, 9.17) is 9.47 Å². The number of benzene rings is 2. The fourth-order valence-corrected chi connectivity index (χ4v) is 2.32. The zero-order valence-corrected chi connectivity index (χ0v) is 15.7. The lowest BCUT2D eigenvalue weighted by Crippen LogP contribution is -2.28. The molecule has 0 heterocycles. The number of hydrogen-bond donors (Lipinski definition) is 3. The standard InChI is InChI=1S/C20H25N3O4/c1-14(2)27-18-9-7-15(8-10-18)12-21-20(25)23-17-6-4-5-16(11-17)22-19(24)13-26-3/h4-11,14H,12-13H2,1-3H3,(H,22,24)(H2,21,23,25). The number of ether oxygens (including phenoxy) is 2. The van der Waals surface area contributed by atoms with E-state index in [9.17, 15) is 9.59 Å². The summed E-state index contributed by atoms with van der Waals surface area (Å²) in [5.74, 6) is 0.537. The number of nitrogens with one attached hydrogen (secondary N) is 3. The molecule has 0 atom stereocenters. The largest absolute Gasteiger partial charge is 0.491 e. The molecule has 2 rings (SSSR count). The van der Waals surface area contributed by atoms with E-state index in [-0.39, 0.29) is 24.6 Å². The van der Waals surface area contributed by atoms with Gasteiger partial charge in [-0.15, -0.1) is 0 Å². The zero-order chi connectivity index (χ0) is 19.6. The van der Waals surface area contributed by atoms with Gasteiger partial charge in [-0.1, -0.05) is 18.2 Å². The zero-order valence-electron chi connectivity index (χ0n) is 15.7. The van der Waals surface area contributed by atoms with Crippen LogP contribution < -0.4 is 20.7 Å². The van der Waals surface area contributed by atoms with Crippen molar-refractivity contribution in [1.29, 1.82) is 0 Å². The van der Waals surface area contributed by atoms with Crippen molar-refractivity contribution in [1.82, 2.24) is 5.32 Å². The van der Waals surface area contributed by atoms with E-state index >= 15 is 0 Å². The first-order valence-electron chi connectivity index (χ1n) is 8.65. The molecule has 0 radical (unpaired) electrons. The van der Waals surface area contributed by atoms with Crippen LogP contribution in [0.5, 0.6) is 5.75 Å². The van der Waals surface area contributed by atoms with Crippen molar-refractivity contribution in [3.8, 4) is 5.75 Å². The topological polar surface area (TPSA) is 88.7 Å². The number of hydrogen-bond acceptors (Lipinski definition) is 4. The van der Waals surface area contributed by atoms with Gasteiger partial charge in [0.1, 0.15) is 12.4 Å². The van der Waals surface area contributed by atoms with Crippen LogP contribution in [0.2, 0.25) is 0 Å². The normalized spacial score (nSPS) is 10.4. The van der Waals surface area contributed by atoms with E-state index in [1.54, 1.807) is 24.3 Å². The van der Waals surface area contributed by atoms with Crippen LogP contribution in [0.4, 0.5) is 16.2 Å². The molecule has 0 unspecified atom stereocenters. The molecule has 27 heavy (non-hydrogen) atoms. The molecule has 3 amide bonds. The molecule has 144 valence electrons. The van der Waals surface area contributed by atoms with E-state index < -0.39 is 0 Å². The summed E-state index contributed by atoms with van der Waals surface area (Å²) in [5.41, 5.74) is 2.11. The second-order valence-corrected chi connectivity index (χ2v) is 6.18. The van der Waals surface area contributed by atoms with Crippen molar-refractivity contribution in [2.45, 2.75) is 26.5 Å². The average molecular weight is 371 g/mol. The second-order valence-electron chi connectivity index (χ2n) is 6.18. The van der Waals surface area contributed by atoms with Crippen LogP contribution >= 0.6 is 0 Å². The fourth-order valence-electron chi connectivity index (χ4n) is 2.32. The lowest BCUT2D eigenvalue weighted by molar-refractivity contribution is -0.119. The van der Waals surface area contributed by atoms with Gasteiger partial charge in [0.25, 0.3) is 0 Å². The van der Waals surface area contributed by atoms with Gasteiger partial charge in [-0.3, -0.25) is 4.79 Å². The van der Waals surface area contributed by atoms with Crippen LogP contribution in [-0.4, -0.2) is 31.8 Å². The molecule has 0 saturated carbocycles. The van der Waals surface area contributed by atoms with Crippen molar-refractivity contribution in [3.63, 3.8) is 0 Å². The third-order valence-corrected chi connectivity index (χ3v) is 3.43. The summed E-state index contributed by atoms with van der Waals surface area (Å²) in [6.07, 6.45) is 0.120. The molecule has 7 nitrogen and oxygen atoms in total. The monoisotopic (exact) mass is 371 g/mol. The molecule has 2 aromatic carbocycles. The third-order valence-electron chi connectivity index (χ3n) is 3.43. The molecule has 0 saturated heterocycles. The summed E-state index contributed by atoms with van der Waals surface area (Å²) in [6.45, 7) is 4.30. The third kappa shape index (κ3) is 7.37. The maximum atomic E-state index is 12.1. The first kappa shape index (κ1) is 20.3. The minimum Gasteiger partial charge on any atom is -0.491 e. The highest BCUT2D eigenvalue weighted by Crippen LogP contribution is 2.16. The van der Waals surface area contributed by atoms with Crippen LogP contribution in [0.1, 0.15) is 19.4 Å². The van der Waals surface area contributed by atoms with Crippen LogP contribution in [0, 0.1) is 0 Å². The Morgan fingerprint density at radius 1 is 1.00 bits per heavy atom.